The predicted octanol–water partition coefficient (Wildman–Crippen LogP) is 4.76. The summed E-state index contributed by atoms with van der Waals surface area (Å²) >= 11 is 0. The molecule has 4 N–H and O–H groups in total. The van der Waals surface area contributed by atoms with Crippen LogP contribution in [0.5, 0.6) is 0 Å². The van der Waals surface area contributed by atoms with E-state index in [1.165, 1.54) is 0 Å². The van der Waals surface area contributed by atoms with E-state index in [4.69, 9.17) is 29.9 Å². The van der Waals surface area contributed by atoms with Gasteiger partial charge in [0, 0.05) is 0 Å². The van der Waals surface area contributed by atoms with E-state index < -0.39 is 6.10 Å². The Labute approximate surface area is 194 Å². The van der Waals surface area contributed by atoms with E-state index in [1.54, 1.807) is 13.8 Å². The largest absolute Gasteiger partial charge is 0.394 e. The van der Waals surface area contributed by atoms with Crippen LogP contribution in [0.25, 0.3) is 0 Å². The van der Waals surface area contributed by atoms with Crippen LogP contribution in [0.4, 0.5) is 0 Å². The lowest BCUT2D eigenvalue weighted by atomic mass is 10.4. The zero-order valence-electron chi connectivity index (χ0n) is 20.8. The third kappa shape index (κ3) is 157. The molecule has 3 atom stereocenters. The van der Waals surface area contributed by atoms with Crippen molar-refractivity contribution >= 4 is 0 Å². The molecule has 0 radical (unpaired) electrons. The number of rotatable bonds is 8. The first kappa shape index (κ1) is 56.8. The molecule has 0 aliphatic heterocycles. The van der Waals surface area contributed by atoms with E-state index in [9.17, 15) is 0 Å². The number of hydrogen-bond acceptors (Lipinski definition) is 6. The molecule has 0 aromatic carbocycles. The number of aliphatic hydroxyl groups excluding tert-OH is 4. The molecular formula is C25H54O6. The molecule has 0 aromatic rings. The number of hydrogen-bond donors (Lipinski definition) is 4. The lowest BCUT2D eigenvalue weighted by molar-refractivity contribution is -0.0620. The lowest BCUT2D eigenvalue weighted by Crippen LogP contribution is -2.24. The minimum atomic E-state index is -0.447. The fraction of sp³-hybridized carbons (Fsp3) is 0.440. The van der Waals surface area contributed by atoms with E-state index in [1.807, 2.05) is 6.92 Å². The van der Waals surface area contributed by atoms with Crippen molar-refractivity contribution in [1.29, 1.82) is 0 Å². The zero-order chi connectivity index (χ0) is 27.7. The van der Waals surface area contributed by atoms with Gasteiger partial charge in [0.25, 0.3) is 0 Å². The van der Waals surface area contributed by atoms with Crippen molar-refractivity contribution in [3.63, 3.8) is 0 Å². The van der Waals surface area contributed by atoms with Crippen LogP contribution >= 0.6 is 0 Å². The topological polar surface area (TPSA) is 99.4 Å². The molecule has 3 unspecified atom stereocenters. The molecule has 0 aliphatic rings. The van der Waals surface area contributed by atoms with Crippen LogP contribution in [0.2, 0.25) is 0 Å². The van der Waals surface area contributed by atoms with Crippen LogP contribution in [0.3, 0.4) is 0 Å². The average Bonchev–Trinajstić information content (AvgIpc) is 2.89. The lowest BCUT2D eigenvalue weighted by Gasteiger charge is -2.16. The SMILES string of the molecule is C=C.C=C.C=C.C=C.C=C.C=C.C=C.CC(O)COC(C)COC(C)CO.OCCO. The molecular weight excluding hydrogens is 396 g/mol. The number of ether oxygens (including phenoxy) is 2. The fourth-order valence-corrected chi connectivity index (χ4v) is 0.704. The van der Waals surface area contributed by atoms with Crippen molar-refractivity contribution in [2.75, 3.05) is 33.0 Å². The van der Waals surface area contributed by atoms with Crippen molar-refractivity contribution in [2.45, 2.75) is 39.1 Å². The highest BCUT2D eigenvalue weighted by Gasteiger charge is 2.06. The van der Waals surface area contributed by atoms with Gasteiger partial charge in [-0.15, -0.1) is 92.1 Å². The molecule has 0 heterocycles. The van der Waals surface area contributed by atoms with Gasteiger partial charge in [0.1, 0.15) is 0 Å². The Bertz CT molecular complexity index is 206. The van der Waals surface area contributed by atoms with Gasteiger partial charge in [-0.3, -0.25) is 0 Å². The molecule has 31 heavy (non-hydrogen) atoms. The average molecular weight is 451 g/mol. The first-order valence-corrected chi connectivity index (χ1v) is 9.21. The molecule has 0 saturated heterocycles. The molecule has 0 bridgehead atoms. The van der Waals surface area contributed by atoms with Gasteiger partial charge in [0.15, 0.2) is 0 Å². The molecule has 0 rings (SSSR count). The molecule has 0 aromatic heterocycles. The number of aliphatic hydroxyl groups is 4. The summed E-state index contributed by atoms with van der Waals surface area (Å²) in [4.78, 5) is 0. The second-order valence-electron chi connectivity index (χ2n) is 3.77. The van der Waals surface area contributed by atoms with Crippen molar-refractivity contribution in [3.8, 4) is 0 Å². The highest BCUT2D eigenvalue weighted by atomic mass is 16.5. The first-order chi connectivity index (χ1) is 15.0. The molecule has 0 aliphatic carbocycles. The van der Waals surface area contributed by atoms with Crippen molar-refractivity contribution in [3.05, 3.63) is 92.1 Å². The minimum Gasteiger partial charge on any atom is -0.394 e. The Morgan fingerprint density at radius 1 is 0.516 bits per heavy atom. The maximum atomic E-state index is 8.92. The second-order valence-corrected chi connectivity index (χ2v) is 3.77. The van der Waals surface area contributed by atoms with E-state index in [2.05, 4.69) is 92.1 Å². The second kappa shape index (κ2) is 104. The fourth-order valence-electron chi connectivity index (χ4n) is 0.704. The quantitative estimate of drug-likeness (QED) is 0.398. The van der Waals surface area contributed by atoms with E-state index >= 15 is 0 Å². The highest BCUT2D eigenvalue weighted by molar-refractivity contribution is 4.52. The summed E-state index contributed by atoms with van der Waals surface area (Å²) in [7, 11) is 0. The Morgan fingerprint density at radius 3 is 0.968 bits per heavy atom. The summed E-state index contributed by atoms with van der Waals surface area (Å²) in [6, 6.07) is 0. The molecule has 190 valence electrons. The van der Waals surface area contributed by atoms with Crippen LogP contribution < -0.4 is 0 Å². The van der Waals surface area contributed by atoms with Crippen LogP contribution in [0.15, 0.2) is 92.1 Å². The Balaban J connectivity index is -0.0000000320. The van der Waals surface area contributed by atoms with Crippen LogP contribution in [0, 0.1) is 0 Å². The van der Waals surface area contributed by atoms with Crippen LogP contribution in [-0.4, -0.2) is 71.8 Å². The predicted molar refractivity (Wildman–Crippen MR) is 143 cm³/mol. The third-order valence-corrected chi connectivity index (χ3v) is 1.59. The summed E-state index contributed by atoms with van der Waals surface area (Å²) in [6.07, 6.45) is -0.654. The van der Waals surface area contributed by atoms with Crippen molar-refractivity contribution in [2.24, 2.45) is 0 Å². The highest BCUT2D eigenvalue weighted by Crippen LogP contribution is 1.97. The maximum Gasteiger partial charge on any atom is 0.0781 e. The smallest absolute Gasteiger partial charge is 0.0781 e. The first-order valence-electron chi connectivity index (χ1n) is 9.21. The molecule has 0 saturated carbocycles. The van der Waals surface area contributed by atoms with Gasteiger partial charge in [-0.2, -0.15) is 0 Å². The van der Waals surface area contributed by atoms with Crippen LogP contribution in [0.1, 0.15) is 20.8 Å². The molecule has 0 spiro atoms. The minimum absolute atomic E-state index is 0.0170. The molecule has 6 heteroatoms. The van der Waals surface area contributed by atoms with Crippen molar-refractivity contribution in [1.82, 2.24) is 0 Å². The van der Waals surface area contributed by atoms with Gasteiger partial charge in [-0.1, -0.05) is 0 Å². The normalized spacial score (nSPS) is 9.52. The molecule has 0 fully saturated rings. The molecule has 6 nitrogen and oxygen atoms in total. The standard InChI is InChI=1S/C9H20O4.C2H6O2.7C2H4/c1-7(11)5-12-9(3)6-13-8(2)4-10;3-1-2-4;7*1-2/h7-11H,4-6H2,1-3H3;3-4H,1-2H2;7*1-2H2. The summed E-state index contributed by atoms with van der Waals surface area (Å²) in [5.74, 6) is 0. The van der Waals surface area contributed by atoms with Gasteiger partial charge >= 0.3 is 0 Å². The van der Waals surface area contributed by atoms with Gasteiger partial charge in [0.05, 0.1) is 51.3 Å². The zero-order valence-corrected chi connectivity index (χ0v) is 20.8. The Kier molecular flexibility index (Phi) is 191. The van der Waals surface area contributed by atoms with E-state index in [0.717, 1.165) is 0 Å². The van der Waals surface area contributed by atoms with Gasteiger partial charge < -0.3 is 29.9 Å². The monoisotopic (exact) mass is 450 g/mol. The van der Waals surface area contributed by atoms with E-state index in [0.29, 0.717) is 13.2 Å². The van der Waals surface area contributed by atoms with Gasteiger partial charge in [0.2, 0.25) is 0 Å². The van der Waals surface area contributed by atoms with Gasteiger partial charge in [-0.25, -0.2) is 0 Å². The molecule has 0 amide bonds. The summed E-state index contributed by atoms with van der Waals surface area (Å²) in [5.41, 5.74) is 0. The Morgan fingerprint density at radius 2 is 0.774 bits per heavy atom. The Hall–Kier alpha value is -2.06. The van der Waals surface area contributed by atoms with E-state index in [-0.39, 0.29) is 32.0 Å². The summed E-state index contributed by atoms with van der Waals surface area (Å²) in [5, 5.41) is 32.8. The summed E-state index contributed by atoms with van der Waals surface area (Å²) < 4.78 is 10.5. The van der Waals surface area contributed by atoms with Crippen molar-refractivity contribution < 1.29 is 29.9 Å². The summed E-state index contributed by atoms with van der Waals surface area (Å²) in [6.45, 7) is 47.9. The third-order valence-electron chi connectivity index (χ3n) is 1.59. The van der Waals surface area contributed by atoms with Gasteiger partial charge in [-0.05, 0) is 20.8 Å². The maximum absolute atomic E-state index is 8.92. The van der Waals surface area contributed by atoms with Crippen LogP contribution in [-0.2, 0) is 9.47 Å².